The van der Waals surface area contributed by atoms with E-state index in [1.54, 1.807) is 18.4 Å². The SMILES string of the molecule is COC1CCC2(CC1)Cc1ccc(-c3nc(Br)cs3)cc1C21NC(=O)N(C(C)C)C1=O. The van der Waals surface area contributed by atoms with Gasteiger partial charge >= 0.3 is 6.03 Å². The minimum atomic E-state index is -1.02. The van der Waals surface area contributed by atoms with Crippen LogP contribution in [0.2, 0.25) is 0 Å². The number of urea groups is 1. The van der Waals surface area contributed by atoms with E-state index >= 15 is 0 Å². The van der Waals surface area contributed by atoms with Crippen LogP contribution < -0.4 is 5.32 Å². The van der Waals surface area contributed by atoms with Gasteiger partial charge in [0.15, 0.2) is 5.54 Å². The highest BCUT2D eigenvalue weighted by Gasteiger charge is 2.68. The third-order valence-electron chi connectivity index (χ3n) is 7.35. The Morgan fingerprint density at radius 1 is 1.29 bits per heavy atom. The molecule has 1 atom stereocenters. The zero-order valence-electron chi connectivity index (χ0n) is 17.9. The molecule has 2 aromatic rings. The summed E-state index contributed by atoms with van der Waals surface area (Å²) >= 11 is 4.99. The highest BCUT2D eigenvalue weighted by Crippen LogP contribution is 2.60. The van der Waals surface area contributed by atoms with E-state index in [0.29, 0.717) is 0 Å². The molecular formula is C23H26BrN3O3S. The molecule has 31 heavy (non-hydrogen) atoms. The first-order valence-corrected chi connectivity index (χ1v) is 12.4. The van der Waals surface area contributed by atoms with E-state index in [4.69, 9.17) is 4.74 Å². The van der Waals surface area contributed by atoms with Crippen LogP contribution in [-0.4, -0.2) is 41.1 Å². The topological polar surface area (TPSA) is 71.5 Å². The van der Waals surface area contributed by atoms with Gasteiger partial charge in [0.1, 0.15) is 9.61 Å². The molecule has 3 amide bonds. The third kappa shape index (κ3) is 2.94. The number of carbonyl (C=O) groups excluding carboxylic acids is 2. The van der Waals surface area contributed by atoms with Crippen molar-refractivity contribution in [2.45, 2.75) is 63.6 Å². The molecule has 1 unspecified atom stereocenters. The minimum Gasteiger partial charge on any atom is -0.381 e. The second-order valence-electron chi connectivity index (χ2n) is 9.19. The molecule has 2 aliphatic carbocycles. The first kappa shape index (κ1) is 21.1. The lowest BCUT2D eigenvalue weighted by Crippen LogP contribution is -2.57. The molecule has 0 radical (unpaired) electrons. The average molecular weight is 504 g/mol. The van der Waals surface area contributed by atoms with Crippen LogP contribution in [0.1, 0.15) is 50.7 Å². The van der Waals surface area contributed by atoms with E-state index in [-0.39, 0.29) is 29.5 Å². The monoisotopic (exact) mass is 503 g/mol. The van der Waals surface area contributed by atoms with Gasteiger partial charge < -0.3 is 10.1 Å². The number of benzene rings is 1. The van der Waals surface area contributed by atoms with E-state index < -0.39 is 5.54 Å². The predicted octanol–water partition coefficient (Wildman–Crippen LogP) is 4.86. The minimum absolute atomic E-state index is 0.111. The average Bonchev–Trinajstić information content (AvgIpc) is 3.37. The Morgan fingerprint density at radius 3 is 2.61 bits per heavy atom. The number of hydrogen-bond acceptors (Lipinski definition) is 5. The standard InChI is InChI=1S/C23H26BrN3O3S/c1-13(2)27-20(28)23(26-21(27)29)17-10-14(19-25-18(24)12-31-19)4-5-15(17)11-22(23)8-6-16(30-3)7-9-22/h4-5,10,12-13,16H,6-9,11H2,1-3H3,(H,26,29). The maximum Gasteiger partial charge on any atom is 0.325 e. The van der Waals surface area contributed by atoms with Gasteiger partial charge in [0, 0.05) is 29.5 Å². The van der Waals surface area contributed by atoms with Gasteiger partial charge in [0.25, 0.3) is 5.91 Å². The second-order valence-corrected chi connectivity index (χ2v) is 10.9. The van der Waals surface area contributed by atoms with Crippen molar-refractivity contribution < 1.29 is 14.3 Å². The van der Waals surface area contributed by atoms with Crippen LogP contribution in [-0.2, 0) is 21.5 Å². The van der Waals surface area contributed by atoms with Crippen LogP contribution >= 0.6 is 27.3 Å². The summed E-state index contributed by atoms with van der Waals surface area (Å²) in [6.45, 7) is 3.79. The Hall–Kier alpha value is -1.77. The summed E-state index contributed by atoms with van der Waals surface area (Å²) in [5, 5.41) is 6.06. The van der Waals surface area contributed by atoms with Crippen LogP contribution in [0.4, 0.5) is 4.79 Å². The van der Waals surface area contributed by atoms with E-state index in [1.807, 2.05) is 19.2 Å². The van der Waals surface area contributed by atoms with Gasteiger partial charge in [-0.15, -0.1) is 11.3 Å². The molecule has 6 nitrogen and oxygen atoms in total. The number of halogens is 1. The van der Waals surface area contributed by atoms with Gasteiger partial charge in [-0.05, 0) is 79.1 Å². The molecule has 2 fully saturated rings. The van der Waals surface area contributed by atoms with Crippen molar-refractivity contribution in [2.75, 3.05) is 7.11 Å². The van der Waals surface area contributed by atoms with E-state index in [0.717, 1.165) is 58.4 Å². The number of nitrogens with one attached hydrogen (secondary N) is 1. The molecule has 1 aromatic carbocycles. The molecule has 8 heteroatoms. The number of aromatic nitrogens is 1. The van der Waals surface area contributed by atoms with Crippen LogP contribution in [0.25, 0.3) is 10.6 Å². The lowest BCUT2D eigenvalue weighted by atomic mass is 9.61. The number of ether oxygens (including phenoxy) is 1. The van der Waals surface area contributed by atoms with Crippen molar-refractivity contribution in [3.05, 3.63) is 39.3 Å². The fourth-order valence-corrected chi connectivity index (χ4v) is 7.12. The van der Waals surface area contributed by atoms with Gasteiger partial charge in [-0.1, -0.05) is 12.1 Å². The van der Waals surface area contributed by atoms with E-state index in [1.165, 1.54) is 4.90 Å². The number of fused-ring (bicyclic) bond motifs is 3. The lowest BCUT2D eigenvalue weighted by molar-refractivity contribution is -0.139. The number of amides is 3. The van der Waals surface area contributed by atoms with Crippen molar-refractivity contribution in [3.63, 3.8) is 0 Å². The number of rotatable bonds is 3. The molecule has 164 valence electrons. The predicted molar refractivity (Wildman–Crippen MR) is 123 cm³/mol. The van der Waals surface area contributed by atoms with Crippen molar-refractivity contribution >= 4 is 39.2 Å². The Labute approximate surface area is 194 Å². The molecule has 2 spiro atoms. The van der Waals surface area contributed by atoms with Crippen LogP contribution in [0.5, 0.6) is 0 Å². The Morgan fingerprint density at radius 2 is 2.03 bits per heavy atom. The first-order chi connectivity index (χ1) is 14.8. The lowest BCUT2D eigenvalue weighted by Gasteiger charge is -2.46. The molecule has 3 aliphatic rings. The van der Waals surface area contributed by atoms with Crippen LogP contribution in [0, 0.1) is 5.41 Å². The smallest absolute Gasteiger partial charge is 0.325 e. The summed E-state index contributed by atoms with van der Waals surface area (Å²) < 4.78 is 6.41. The van der Waals surface area contributed by atoms with Crippen molar-refractivity contribution in [2.24, 2.45) is 5.41 Å². The fraction of sp³-hybridized carbons (Fsp3) is 0.522. The number of methoxy groups -OCH3 is 1. The summed E-state index contributed by atoms with van der Waals surface area (Å²) in [4.78, 5) is 33.0. The van der Waals surface area contributed by atoms with E-state index in [2.05, 4.69) is 44.4 Å². The molecule has 0 bridgehead atoms. The summed E-state index contributed by atoms with van der Waals surface area (Å²) in [6.07, 6.45) is 4.47. The summed E-state index contributed by atoms with van der Waals surface area (Å²) in [7, 11) is 1.75. The van der Waals surface area contributed by atoms with Gasteiger partial charge in [-0.2, -0.15) is 0 Å². The number of hydrogen-bond donors (Lipinski definition) is 1. The number of carbonyl (C=O) groups is 2. The number of imide groups is 1. The van der Waals surface area contributed by atoms with Gasteiger partial charge in [0.05, 0.1) is 6.10 Å². The van der Waals surface area contributed by atoms with Crippen molar-refractivity contribution in [1.82, 2.24) is 15.2 Å². The zero-order valence-corrected chi connectivity index (χ0v) is 20.3. The summed E-state index contributed by atoms with van der Waals surface area (Å²) in [6, 6.07) is 5.81. The quantitative estimate of drug-likeness (QED) is 0.607. The second kappa shape index (κ2) is 7.39. The normalized spacial score (nSPS) is 30.0. The highest BCUT2D eigenvalue weighted by molar-refractivity contribution is 9.10. The van der Waals surface area contributed by atoms with Gasteiger partial charge in [-0.25, -0.2) is 9.78 Å². The largest absolute Gasteiger partial charge is 0.381 e. The molecule has 1 aliphatic heterocycles. The molecule has 1 N–H and O–H groups in total. The Balaban J connectivity index is 1.67. The fourth-order valence-electron chi connectivity index (χ4n) is 5.87. The van der Waals surface area contributed by atoms with Crippen LogP contribution in [0.15, 0.2) is 28.2 Å². The van der Waals surface area contributed by atoms with Gasteiger partial charge in [0.2, 0.25) is 0 Å². The van der Waals surface area contributed by atoms with Crippen LogP contribution in [0.3, 0.4) is 0 Å². The van der Waals surface area contributed by atoms with Crippen molar-refractivity contribution in [1.29, 1.82) is 0 Å². The Kier molecular flexibility index (Phi) is 5.03. The number of thiazole rings is 1. The molecular weight excluding hydrogens is 478 g/mol. The Bertz CT molecular complexity index is 1060. The molecule has 1 aromatic heterocycles. The summed E-state index contributed by atoms with van der Waals surface area (Å²) in [5.74, 6) is -0.111. The highest BCUT2D eigenvalue weighted by atomic mass is 79.9. The molecule has 1 saturated heterocycles. The summed E-state index contributed by atoms with van der Waals surface area (Å²) in [5.41, 5.74) is 1.71. The maximum absolute atomic E-state index is 14.0. The number of nitrogens with zero attached hydrogens (tertiary/aromatic N) is 2. The molecule has 5 rings (SSSR count). The maximum atomic E-state index is 14.0. The van der Waals surface area contributed by atoms with Gasteiger partial charge in [-0.3, -0.25) is 9.69 Å². The zero-order chi connectivity index (χ0) is 22.0. The molecule has 2 heterocycles. The first-order valence-electron chi connectivity index (χ1n) is 10.7. The van der Waals surface area contributed by atoms with Crippen molar-refractivity contribution in [3.8, 4) is 10.6 Å². The van der Waals surface area contributed by atoms with E-state index in [9.17, 15) is 9.59 Å². The molecule has 1 saturated carbocycles. The third-order valence-corrected chi connectivity index (χ3v) is 8.95.